The fourth-order valence-corrected chi connectivity index (χ4v) is 6.53. The smallest absolute Gasteiger partial charge is 0.258 e. The van der Waals surface area contributed by atoms with Crippen LogP contribution < -0.4 is 20.9 Å². The molecule has 0 aliphatic carbocycles. The summed E-state index contributed by atoms with van der Waals surface area (Å²) < 4.78 is 33.1. The molecule has 3 aliphatic heterocycles. The van der Waals surface area contributed by atoms with Crippen LogP contribution in [0.1, 0.15) is 34.3 Å². The van der Waals surface area contributed by atoms with E-state index in [1.807, 2.05) is 30.3 Å². The van der Waals surface area contributed by atoms with Gasteiger partial charge in [-0.2, -0.15) is 5.10 Å². The molecule has 0 spiro atoms. The largest absolute Gasteiger partial charge is 0.381 e. The Bertz CT molecular complexity index is 1640. The van der Waals surface area contributed by atoms with Gasteiger partial charge in [-0.15, -0.1) is 0 Å². The van der Waals surface area contributed by atoms with Crippen molar-refractivity contribution in [2.45, 2.75) is 25.3 Å². The van der Waals surface area contributed by atoms with Crippen LogP contribution in [0.5, 0.6) is 0 Å². The molecular formula is C34H39F2N7O2. The first kappa shape index (κ1) is 29.6. The molecule has 0 atom stereocenters. The van der Waals surface area contributed by atoms with Crippen LogP contribution in [-0.2, 0) is 11.2 Å². The van der Waals surface area contributed by atoms with Gasteiger partial charge < -0.3 is 25.6 Å². The van der Waals surface area contributed by atoms with Crippen LogP contribution in [-0.4, -0.2) is 86.1 Å². The Balaban J connectivity index is 1.10. The van der Waals surface area contributed by atoms with Crippen molar-refractivity contribution in [3.8, 4) is 0 Å². The van der Waals surface area contributed by atoms with Crippen LogP contribution in [0.2, 0.25) is 0 Å². The van der Waals surface area contributed by atoms with Crippen LogP contribution in [0.4, 0.5) is 26.0 Å². The van der Waals surface area contributed by atoms with Crippen LogP contribution >= 0.6 is 0 Å². The molecule has 3 aliphatic rings. The third-order valence-electron chi connectivity index (χ3n) is 9.14. The molecule has 3 saturated heterocycles. The highest BCUT2D eigenvalue weighted by Crippen LogP contribution is 2.29. The van der Waals surface area contributed by atoms with Gasteiger partial charge in [-0.25, -0.2) is 8.78 Å². The summed E-state index contributed by atoms with van der Waals surface area (Å²) in [6.07, 6.45) is 2.10. The number of nitrogens with zero attached hydrogens (tertiary/aromatic N) is 3. The molecule has 0 bridgehead atoms. The van der Waals surface area contributed by atoms with E-state index < -0.39 is 11.6 Å². The number of carbonyl (C=O) groups is 1. The number of fused-ring (bicyclic) bond motifs is 1. The van der Waals surface area contributed by atoms with Gasteiger partial charge in [0.1, 0.15) is 11.6 Å². The molecule has 1 amide bonds. The molecule has 9 nitrogen and oxygen atoms in total. The number of hydrogen-bond acceptors (Lipinski definition) is 7. The molecule has 11 heteroatoms. The standard InChI is InChI=1S/C34H39F2N7O2/c35-25-14-23(15-26(36)17-25)13-22-1-4-31-30(16-22)33(41-40-31)39-34(44)29-3-2-28(18-32(29)38-27-5-11-45-12-6-27)43-9-7-42(8-10-43)21-24-19-37-20-24/h1-4,14-18,24,27,37-38H,5-13,19-21H2,(H2,39,40,41,44). The number of piperazine rings is 1. The zero-order valence-electron chi connectivity index (χ0n) is 25.3. The van der Waals surface area contributed by atoms with Gasteiger partial charge in [0, 0.05) is 87.9 Å². The average molecular weight is 616 g/mol. The number of anilines is 3. The zero-order chi connectivity index (χ0) is 30.8. The van der Waals surface area contributed by atoms with Gasteiger partial charge in [0.15, 0.2) is 5.82 Å². The normalized spacial score (nSPS) is 18.2. The minimum Gasteiger partial charge on any atom is -0.381 e. The maximum Gasteiger partial charge on any atom is 0.258 e. The molecule has 0 unspecified atom stereocenters. The summed E-state index contributed by atoms with van der Waals surface area (Å²) in [5, 5.41) is 18.1. The molecule has 4 aromatic rings. The Morgan fingerprint density at radius 1 is 0.933 bits per heavy atom. The van der Waals surface area contributed by atoms with Gasteiger partial charge in [-0.05, 0) is 78.8 Å². The first-order valence-corrected chi connectivity index (χ1v) is 15.9. The van der Waals surface area contributed by atoms with Crippen molar-refractivity contribution in [3.63, 3.8) is 0 Å². The fourth-order valence-electron chi connectivity index (χ4n) is 6.53. The number of carbonyl (C=O) groups excluding carboxylic acids is 1. The summed E-state index contributed by atoms with van der Waals surface area (Å²) in [6.45, 7) is 8.75. The molecule has 0 radical (unpaired) electrons. The lowest BCUT2D eigenvalue weighted by Crippen LogP contribution is -2.53. The number of halogens is 2. The zero-order valence-corrected chi connectivity index (χ0v) is 25.3. The van der Waals surface area contributed by atoms with E-state index in [1.54, 1.807) is 0 Å². The van der Waals surface area contributed by atoms with Crippen LogP contribution in [0.25, 0.3) is 10.9 Å². The quantitative estimate of drug-likeness (QED) is 0.218. The highest BCUT2D eigenvalue weighted by atomic mass is 19.1. The SMILES string of the molecule is O=C(Nc1n[nH]c2ccc(Cc3cc(F)cc(F)c3)cc12)c1ccc(N2CCN(CC3CNC3)CC2)cc1NC1CCOCC1. The van der Waals surface area contributed by atoms with E-state index in [2.05, 4.69) is 42.0 Å². The second-order valence-electron chi connectivity index (χ2n) is 12.4. The minimum absolute atomic E-state index is 0.218. The summed E-state index contributed by atoms with van der Waals surface area (Å²) >= 11 is 0. The summed E-state index contributed by atoms with van der Waals surface area (Å²) in [5.74, 6) is -0.312. The maximum atomic E-state index is 13.8. The van der Waals surface area contributed by atoms with E-state index in [0.717, 1.165) is 98.5 Å². The van der Waals surface area contributed by atoms with Gasteiger partial charge in [0.05, 0.1) is 11.1 Å². The molecule has 3 aromatic carbocycles. The summed E-state index contributed by atoms with van der Waals surface area (Å²) in [7, 11) is 0. The Hall–Kier alpha value is -4.06. The monoisotopic (exact) mass is 615 g/mol. The Labute approximate surface area is 261 Å². The number of aromatic nitrogens is 2. The van der Waals surface area contributed by atoms with Crippen LogP contribution in [0.15, 0.2) is 54.6 Å². The summed E-state index contributed by atoms with van der Waals surface area (Å²) in [5.41, 5.74) is 4.58. The number of benzene rings is 3. The second-order valence-corrected chi connectivity index (χ2v) is 12.4. The van der Waals surface area contributed by atoms with Crippen molar-refractivity contribution >= 4 is 34.0 Å². The predicted octanol–water partition coefficient (Wildman–Crippen LogP) is 4.62. The maximum absolute atomic E-state index is 13.8. The van der Waals surface area contributed by atoms with Gasteiger partial charge >= 0.3 is 0 Å². The van der Waals surface area contributed by atoms with E-state index in [9.17, 15) is 13.6 Å². The molecule has 7 rings (SSSR count). The molecule has 1 aromatic heterocycles. The van der Waals surface area contributed by atoms with E-state index in [-0.39, 0.29) is 11.9 Å². The van der Waals surface area contributed by atoms with Crippen LogP contribution in [0.3, 0.4) is 0 Å². The average Bonchev–Trinajstić information content (AvgIpc) is 3.41. The first-order chi connectivity index (χ1) is 22.0. The Morgan fingerprint density at radius 2 is 1.71 bits per heavy atom. The number of hydrogen-bond donors (Lipinski definition) is 4. The third-order valence-corrected chi connectivity index (χ3v) is 9.14. The highest BCUT2D eigenvalue weighted by Gasteiger charge is 2.25. The summed E-state index contributed by atoms with van der Waals surface area (Å²) in [6, 6.07) is 15.4. The molecule has 4 heterocycles. The van der Waals surface area contributed by atoms with Gasteiger partial charge in [0.25, 0.3) is 5.91 Å². The van der Waals surface area contributed by atoms with E-state index in [0.29, 0.717) is 36.6 Å². The van der Waals surface area contributed by atoms with Crippen molar-refractivity contribution in [1.29, 1.82) is 0 Å². The van der Waals surface area contributed by atoms with Crippen molar-refractivity contribution in [2.24, 2.45) is 5.92 Å². The predicted molar refractivity (Wildman–Crippen MR) is 172 cm³/mol. The van der Waals surface area contributed by atoms with Crippen molar-refractivity contribution in [2.75, 3.05) is 74.6 Å². The second kappa shape index (κ2) is 13.1. The van der Waals surface area contributed by atoms with Crippen molar-refractivity contribution < 1.29 is 18.3 Å². The van der Waals surface area contributed by atoms with Crippen LogP contribution in [0, 0.1) is 17.6 Å². The highest BCUT2D eigenvalue weighted by molar-refractivity contribution is 6.11. The number of rotatable bonds is 9. The molecule has 3 fully saturated rings. The molecule has 45 heavy (non-hydrogen) atoms. The lowest BCUT2D eigenvalue weighted by Gasteiger charge is -2.39. The van der Waals surface area contributed by atoms with Gasteiger partial charge in [0.2, 0.25) is 0 Å². The van der Waals surface area contributed by atoms with Crippen molar-refractivity contribution in [3.05, 3.63) is 82.9 Å². The van der Waals surface area contributed by atoms with E-state index >= 15 is 0 Å². The van der Waals surface area contributed by atoms with Crippen molar-refractivity contribution in [1.82, 2.24) is 20.4 Å². The first-order valence-electron chi connectivity index (χ1n) is 15.9. The lowest BCUT2D eigenvalue weighted by atomic mass is 10.0. The Morgan fingerprint density at radius 3 is 2.44 bits per heavy atom. The third kappa shape index (κ3) is 6.95. The molecule has 4 N–H and O–H groups in total. The van der Waals surface area contributed by atoms with E-state index in [1.165, 1.54) is 12.1 Å². The summed E-state index contributed by atoms with van der Waals surface area (Å²) in [4.78, 5) is 18.8. The number of H-pyrrole nitrogens is 1. The molecule has 236 valence electrons. The number of aromatic amines is 1. The molecular weight excluding hydrogens is 576 g/mol. The minimum atomic E-state index is -0.609. The Kier molecular flexibility index (Phi) is 8.64. The number of amides is 1. The van der Waals surface area contributed by atoms with Gasteiger partial charge in [-0.3, -0.25) is 14.8 Å². The lowest BCUT2D eigenvalue weighted by molar-refractivity contribution is 0.0904. The van der Waals surface area contributed by atoms with Gasteiger partial charge in [-0.1, -0.05) is 6.07 Å². The van der Waals surface area contributed by atoms with E-state index in [4.69, 9.17) is 4.74 Å². The molecule has 0 saturated carbocycles. The number of ether oxygens (including phenoxy) is 1. The topological polar surface area (TPSA) is 97.6 Å². The number of nitrogens with one attached hydrogen (secondary N) is 4. The fraction of sp³-hybridized carbons (Fsp3) is 0.412.